The summed E-state index contributed by atoms with van der Waals surface area (Å²) >= 11 is 0. The van der Waals surface area contributed by atoms with Crippen molar-refractivity contribution in [3.63, 3.8) is 0 Å². The molecular weight excluding hydrogens is 228 g/mol. The number of carbonyl (C=O) groups is 1. The molecule has 1 aromatic carbocycles. The van der Waals surface area contributed by atoms with Crippen LogP contribution in [0.25, 0.3) is 0 Å². The molecule has 0 heterocycles. The lowest BCUT2D eigenvalue weighted by Gasteiger charge is -2.29. The summed E-state index contributed by atoms with van der Waals surface area (Å²) in [5.41, 5.74) is 11.7. The molecule has 1 amide bonds. The zero-order valence-electron chi connectivity index (χ0n) is 10.7. The molecule has 1 saturated carbocycles. The molecule has 2 atom stereocenters. The van der Waals surface area contributed by atoms with E-state index in [1.807, 2.05) is 0 Å². The molecule has 0 bridgehead atoms. The lowest BCUT2D eigenvalue weighted by atomic mass is 9.88. The first-order chi connectivity index (χ1) is 8.58. The Morgan fingerprint density at radius 3 is 2.72 bits per heavy atom. The van der Waals surface area contributed by atoms with Crippen molar-refractivity contribution in [3.8, 4) is 5.75 Å². The third-order valence-electron chi connectivity index (χ3n) is 3.61. The minimum absolute atomic E-state index is 0.225. The van der Waals surface area contributed by atoms with E-state index in [0.29, 0.717) is 22.9 Å². The van der Waals surface area contributed by atoms with Gasteiger partial charge in [0.05, 0.1) is 5.56 Å². The van der Waals surface area contributed by atoms with Gasteiger partial charge in [0.15, 0.2) is 0 Å². The quantitative estimate of drug-likeness (QED) is 0.806. The van der Waals surface area contributed by atoms with E-state index in [1.165, 1.54) is 19.3 Å². The fourth-order valence-electron chi connectivity index (χ4n) is 2.45. The van der Waals surface area contributed by atoms with Gasteiger partial charge in [-0.3, -0.25) is 4.79 Å². The molecule has 0 radical (unpaired) electrons. The van der Waals surface area contributed by atoms with E-state index in [0.717, 1.165) is 6.42 Å². The Morgan fingerprint density at radius 1 is 1.33 bits per heavy atom. The lowest BCUT2D eigenvalue weighted by molar-refractivity contribution is 0.0985. The first-order valence-corrected chi connectivity index (χ1v) is 6.44. The van der Waals surface area contributed by atoms with Crippen LogP contribution in [0.15, 0.2) is 18.2 Å². The van der Waals surface area contributed by atoms with Gasteiger partial charge in [-0.05, 0) is 43.4 Å². The van der Waals surface area contributed by atoms with Crippen molar-refractivity contribution in [1.82, 2.24) is 0 Å². The summed E-state index contributed by atoms with van der Waals surface area (Å²) in [5.74, 6) is 0.708. The third-order valence-corrected chi connectivity index (χ3v) is 3.61. The number of carbonyl (C=O) groups excluding carboxylic acids is 1. The molecule has 18 heavy (non-hydrogen) atoms. The molecule has 0 spiro atoms. The molecule has 2 unspecified atom stereocenters. The maximum absolute atomic E-state index is 11.2. The monoisotopic (exact) mass is 248 g/mol. The van der Waals surface area contributed by atoms with Crippen molar-refractivity contribution in [2.45, 2.75) is 38.7 Å². The predicted molar refractivity (Wildman–Crippen MR) is 71.4 cm³/mol. The summed E-state index contributed by atoms with van der Waals surface area (Å²) in [6, 6.07) is 5.10. The fourth-order valence-corrected chi connectivity index (χ4v) is 2.45. The Bertz CT molecular complexity index is 445. The van der Waals surface area contributed by atoms with E-state index in [-0.39, 0.29) is 6.10 Å². The van der Waals surface area contributed by atoms with Crippen molar-refractivity contribution in [2.75, 3.05) is 5.73 Å². The Balaban J connectivity index is 2.14. The fraction of sp³-hybridized carbons (Fsp3) is 0.500. The maximum Gasteiger partial charge on any atom is 0.250 e. The molecule has 1 aromatic rings. The highest BCUT2D eigenvalue weighted by Crippen LogP contribution is 2.29. The highest BCUT2D eigenvalue weighted by atomic mass is 16.5. The van der Waals surface area contributed by atoms with Crippen LogP contribution in [0.3, 0.4) is 0 Å². The standard InChI is InChI=1S/C14H20N2O2/c1-9-4-2-3-5-13(9)18-10-6-7-12(15)11(8-10)14(16)17/h6-9,13H,2-5,15H2,1H3,(H2,16,17). The Hall–Kier alpha value is -1.71. The molecule has 4 nitrogen and oxygen atoms in total. The normalized spacial score (nSPS) is 23.6. The smallest absolute Gasteiger partial charge is 0.250 e. The van der Waals surface area contributed by atoms with Gasteiger partial charge in [0.1, 0.15) is 11.9 Å². The molecule has 0 saturated heterocycles. The number of primary amides is 1. The number of hydrogen-bond acceptors (Lipinski definition) is 3. The number of ether oxygens (including phenoxy) is 1. The van der Waals surface area contributed by atoms with Crippen LogP contribution in [-0.4, -0.2) is 12.0 Å². The lowest BCUT2D eigenvalue weighted by Crippen LogP contribution is -2.28. The number of nitrogens with two attached hydrogens (primary N) is 2. The molecule has 4 heteroatoms. The first-order valence-electron chi connectivity index (χ1n) is 6.44. The maximum atomic E-state index is 11.2. The molecular formula is C14H20N2O2. The zero-order valence-corrected chi connectivity index (χ0v) is 10.7. The highest BCUT2D eigenvalue weighted by molar-refractivity contribution is 5.98. The highest BCUT2D eigenvalue weighted by Gasteiger charge is 2.23. The number of anilines is 1. The largest absolute Gasteiger partial charge is 0.490 e. The van der Waals surface area contributed by atoms with E-state index in [1.54, 1.807) is 18.2 Å². The second-order valence-corrected chi connectivity index (χ2v) is 5.03. The summed E-state index contributed by atoms with van der Waals surface area (Å²) < 4.78 is 5.95. The van der Waals surface area contributed by atoms with Gasteiger partial charge in [-0.15, -0.1) is 0 Å². The predicted octanol–water partition coefficient (Wildman–Crippen LogP) is 2.33. The van der Waals surface area contributed by atoms with E-state index >= 15 is 0 Å². The van der Waals surface area contributed by atoms with E-state index in [9.17, 15) is 4.79 Å². The molecule has 0 aliphatic heterocycles. The molecule has 1 fully saturated rings. The van der Waals surface area contributed by atoms with Crippen LogP contribution in [0.1, 0.15) is 43.0 Å². The summed E-state index contributed by atoms with van der Waals surface area (Å²) in [6.45, 7) is 2.20. The van der Waals surface area contributed by atoms with Gasteiger partial charge < -0.3 is 16.2 Å². The summed E-state index contributed by atoms with van der Waals surface area (Å²) in [5, 5.41) is 0. The summed E-state index contributed by atoms with van der Waals surface area (Å²) in [4.78, 5) is 11.2. The number of hydrogen-bond donors (Lipinski definition) is 2. The second-order valence-electron chi connectivity index (χ2n) is 5.03. The number of rotatable bonds is 3. The van der Waals surface area contributed by atoms with Gasteiger partial charge in [0.2, 0.25) is 0 Å². The van der Waals surface area contributed by atoms with Crippen LogP contribution in [-0.2, 0) is 0 Å². The van der Waals surface area contributed by atoms with E-state index in [4.69, 9.17) is 16.2 Å². The van der Waals surface area contributed by atoms with Crippen LogP contribution in [0, 0.1) is 5.92 Å². The van der Waals surface area contributed by atoms with Crippen LogP contribution in [0.2, 0.25) is 0 Å². The van der Waals surface area contributed by atoms with Crippen LogP contribution < -0.4 is 16.2 Å². The Morgan fingerprint density at radius 2 is 2.06 bits per heavy atom. The topological polar surface area (TPSA) is 78.3 Å². The van der Waals surface area contributed by atoms with Crippen molar-refractivity contribution < 1.29 is 9.53 Å². The van der Waals surface area contributed by atoms with Crippen molar-refractivity contribution in [1.29, 1.82) is 0 Å². The molecule has 1 aliphatic rings. The van der Waals surface area contributed by atoms with Gasteiger partial charge in [-0.1, -0.05) is 13.3 Å². The minimum Gasteiger partial charge on any atom is -0.490 e. The van der Waals surface area contributed by atoms with E-state index in [2.05, 4.69) is 6.92 Å². The third kappa shape index (κ3) is 2.75. The van der Waals surface area contributed by atoms with Gasteiger partial charge >= 0.3 is 0 Å². The van der Waals surface area contributed by atoms with Crippen molar-refractivity contribution in [2.24, 2.45) is 11.7 Å². The summed E-state index contributed by atoms with van der Waals surface area (Å²) in [6.07, 6.45) is 4.96. The SMILES string of the molecule is CC1CCCCC1Oc1ccc(N)c(C(N)=O)c1. The molecule has 1 aliphatic carbocycles. The number of amides is 1. The second kappa shape index (κ2) is 5.29. The van der Waals surface area contributed by atoms with Gasteiger partial charge in [0.25, 0.3) is 5.91 Å². The van der Waals surface area contributed by atoms with Crippen molar-refractivity contribution in [3.05, 3.63) is 23.8 Å². The van der Waals surface area contributed by atoms with Crippen LogP contribution in [0.4, 0.5) is 5.69 Å². The molecule has 2 rings (SSSR count). The Kier molecular flexibility index (Phi) is 3.75. The van der Waals surface area contributed by atoms with E-state index < -0.39 is 5.91 Å². The molecule has 0 aromatic heterocycles. The zero-order chi connectivity index (χ0) is 13.1. The Labute approximate surface area is 107 Å². The van der Waals surface area contributed by atoms with Gasteiger partial charge in [0, 0.05) is 5.69 Å². The van der Waals surface area contributed by atoms with Gasteiger partial charge in [-0.25, -0.2) is 0 Å². The van der Waals surface area contributed by atoms with Crippen LogP contribution >= 0.6 is 0 Å². The van der Waals surface area contributed by atoms with Gasteiger partial charge in [-0.2, -0.15) is 0 Å². The minimum atomic E-state index is -0.519. The number of nitrogen functional groups attached to an aromatic ring is 1. The van der Waals surface area contributed by atoms with Crippen molar-refractivity contribution >= 4 is 11.6 Å². The molecule has 98 valence electrons. The summed E-state index contributed by atoms with van der Waals surface area (Å²) in [7, 11) is 0. The average Bonchev–Trinajstić information content (AvgIpc) is 2.34. The first kappa shape index (κ1) is 12.7. The average molecular weight is 248 g/mol. The molecule has 4 N–H and O–H groups in total. The number of benzene rings is 1. The van der Waals surface area contributed by atoms with Crippen LogP contribution in [0.5, 0.6) is 5.75 Å².